The number of aliphatic carboxylic acids is 1. The van der Waals surface area contributed by atoms with E-state index in [0.29, 0.717) is 84.6 Å². The van der Waals surface area contributed by atoms with E-state index in [1.54, 1.807) is 44.3 Å². The van der Waals surface area contributed by atoms with Crippen LogP contribution in [0.3, 0.4) is 0 Å². The highest BCUT2D eigenvalue weighted by Gasteiger charge is 2.63. The van der Waals surface area contributed by atoms with Crippen LogP contribution in [0.5, 0.6) is 0 Å². The molecule has 5 aliphatic rings. The molecule has 5 fully saturated rings. The Bertz CT molecular complexity index is 3580. The fourth-order valence-corrected chi connectivity index (χ4v) is 10.7. The molecule has 91 heavy (non-hydrogen) atoms. The van der Waals surface area contributed by atoms with Crippen LogP contribution in [0.15, 0.2) is 85.7 Å². The largest absolute Gasteiger partial charge is 0.481 e. The number of pyridine rings is 3. The van der Waals surface area contributed by atoms with Gasteiger partial charge < -0.3 is 70.1 Å². The molecule has 3 saturated heterocycles. The summed E-state index contributed by atoms with van der Waals surface area (Å²) in [6, 6.07) is 15.4. The van der Waals surface area contributed by atoms with Crippen molar-refractivity contribution in [3.05, 3.63) is 108 Å². The minimum Gasteiger partial charge on any atom is -0.481 e. The zero-order chi connectivity index (χ0) is 62.5. The van der Waals surface area contributed by atoms with Crippen molar-refractivity contribution in [3.8, 4) is 0 Å². The van der Waals surface area contributed by atoms with Crippen LogP contribution in [0.1, 0.15) is 131 Å². The number of hydrogen-bond acceptors (Lipinski definition) is 17. The number of carbonyl (C=O) groups is 6. The molecule has 6 aromatic heterocycles. The number of aromatic amines is 3. The normalized spacial score (nSPS) is 19.8. The van der Waals surface area contributed by atoms with Crippen LogP contribution >= 0.6 is 0 Å². The number of likely N-dealkylation sites (tertiary alicyclic amines) is 2. The second-order valence-corrected chi connectivity index (χ2v) is 21.8. The number of halogens is 4. The number of ether oxygens (including phenoxy) is 4. The van der Waals surface area contributed by atoms with Crippen molar-refractivity contribution in [2.24, 2.45) is 11.8 Å². The molecule has 8 N–H and O–H groups in total. The third kappa shape index (κ3) is 17.9. The van der Waals surface area contributed by atoms with Gasteiger partial charge in [0.2, 0.25) is 5.91 Å². The maximum atomic E-state index is 13.3. The Labute approximate surface area is 525 Å². The number of benzene rings is 1. The number of anilines is 3. The number of fused-ring (bicyclic) bond motifs is 3. The second-order valence-electron chi connectivity index (χ2n) is 21.8. The highest BCUT2D eigenvalue weighted by molar-refractivity contribution is 6.06. The molecular weight excluding hydrogens is 1190 g/mol. The molecule has 12 rings (SSSR count). The number of nitrogens with one attached hydrogen (secondary N) is 7. The van der Waals surface area contributed by atoms with E-state index in [1.165, 1.54) is 17.3 Å². The van der Waals surface area contributed by atoms with E-state index < -0.39 is 53.9 Å². The number of esters is 3. The van der Waals surface area contributed by atoms with Gasteiger partial charge in [0.05, 0.1) is 36.9 Å². The number of carbonyl (C=O) groups excluding carboxylic acids is 5. The molecule has 3 aliphatic heterocycles. The Kier molecular flexibility index (Phi) is 25.1. The van der Waals surface area contributed by atoms with Gasteiger partial charge in [-0.2, -0.15) is 0 Å². The van der Waals surface area contributed by atoms with E-state index >= 15 is 0 Å². The maximum absolute atomic E-state index is 13.3. The van der Waals surface area contributed by atoms with Crippen LogP contribution in [0.4, 0.5) is 39.4 Å². The number of rotatable bonds is 16. The fourth-order valence-electron chi connectivity index (χ4n) is 10.7. The summed E-state index contributed by atoms with van der Waals surface area (Å²) in [4.78, 5) is 96.8. The van der Waals surface area contributed by atoms with Crippen LogP contribution in [-0.2, 0) is 35.1 Å². The van der Waals surface area contributed by atoms with E-state index in [2.05, 4.69) is 51.2 Å². The molecule has 494 valence electrons. The smallest absolute Gasteiger partial charge is 0.410 e. The minimum atomic E-state index is -2.91. The number of piperidine rings is 3. The summed E-state index contributed by atoms with van der Waals surface area (Å²) in [5.41, 5.74) is 6.30. The Morgan fingerprint density at radius 1 is 0.571 bits per heavy atom. The predicted octanol–water partition coefficient (Wildman–Crippen LogP) is 11.3. The van der Waals surface area contributed by atoms with Crippen molar-refractivity contribution in [2.75, 3.05) is 75.0 Å². The molecule has 0 unspecified atom stereocenters. The number of nitrogens with zero attached hydrogens (tertiary/aromatic N) is 5. The van der Waals surface area contributed by atoms with Crippen molar-refractivity contribution in [1.82, 2.24) is 45.0 Å². The van der Waals surface area contributed by atoms with Gasteiger partial charge in [-0.15, -0.1) is 0 Å². The summed E-state index contributed by atoms with van der Waals surface area (Å²) in [6.45, 7) is 10.3. The molecule has 27 heteroatoms. The molecule has 2 aliphatic carbocycles. The van der Waals surface area contributed by atoms with Gasteiger partial charge in [0.15, 0.2) is 0 Å². The number of carboxylic acids is 1. The number of aromatic nitrogens is 6. The van der Waals surface area contributed by atoms with Gasteiger partial charge in [-0.25, -0.2) is 51.7 Å². The third-order valence-electron chi connectivity index (χ3n) is 15.5. The Hall–Kier alpha value is -9.01. The van der Waals surface area contributed by atoms with Gasteiger partial charge in [-0.05, 0) is 89.6 Å². The van der Waals surface area contributed by atoms with Crippen LogP contribution in [0.25, 0.3) is 33.1 Å². The molecule has 0 spiro atoms. The molecule has 9 heterocycles. The highest BCUT2D eigenvalue weighted by Crippen LogP contribution is 2.50. The van der Waals surface area contributed by atoms with Gasteiger partial charge in [0.1, 0.15) is 52.1 Å². The zero-order valence-electron chi connectivity index (χ0n) is 49.0. The molecule has 1 aromatic carbocycles. The first-order chi connectivity index (χ1) is 42.4. The van der Waals surface area contributed by atoms with Crippen molar-refractivity contribution >= 4 is 86.0 Å². The summed E-state index contributed by atoms with van der Waals surface area (Å²) < 4.78 is 70.8. The fraction of sp³-hybridized carbons (Fsp3) is 0.484. The lowest BCUT2D eigenvalue weighted by atomic mass is 10.0. The highest BCUT2D eigenvalue weighted by atomic mass is 19.3. The van der Waals surface area contributed by atoms with E-state index in [9.17, 15) is 46.3 Å². The van der Waals surface area contributed by atoms with Crippen LogP contribution in [-0.4, -0.2) is 170 Å². The Morgan fingerprint density at radius 2 is 0.978 bits per heavy atom. The van der Waals surface area contributed by atoms with E-state index in [-0.39, 0.29) is 72.7 Å². The summed E-state index contributed by atoms with van der Waals surface area (Å²) in [5.74, 6) is -11.5. The summed E-state index contributed by atoms with van der Waals surface area (Å²) in [5, 5.41) is 24.1. The summed E-state index contributed by atoms with van der Waals surface area (Å²) in [7, 11) is 0. The van der Waals surface area contributed by atoms with E-state index in [0.717, 1.165) is 78.3 Å². The Balaban J connectivity index is 0.000000203. The second kappa shape index (κ2) is 32.1. The molecule has 0 bridgehead atoms. The maximum Gasteiger partial charge on any atom is 0.410 e. The summed E-state index contributed by atoms with van der Waals surface area (Å²) in [6.07, 6.45) is 14.1. The van der Waals surface area contributed by atoms with E-state index in [1.807, 2.05) is 54.7 Å². The molecule has 23 nitrogen and oxygen atoms in total. The van der Waals surface area contributed by atoms with Crippen molar-refractivity contribution in [1.29, 1.82) is 0 Å². The van der Waals surface area contributed by atoms with Gasteiger partial charge in [0, 0.05) is 117 Å². The molecule has 5 atom stereocenters. The van der Waals surface area contributed by atoms with Crippen molar-refractivity contribution in [2.45, 2.75) is 131 Å². The number of alkyl halides is 4. The van der Waals surface area contributed by atoms with Gasteiger partial charge in [0.25, 0.3) is 11.8 Å². The lowest BCUT2D eigenvalue weighted by Gasteiger charge is -2.34. The monoisotopic (exact) mass is 1270 g/mol. The minimum absolute atomic E-state index is 0. The third-order valence-corrected chi connectivity index (χ3v) is 15.5. The lowest BCUT2D eigenvalue weighted by molar-refractivity contribution is -0.141. The number of hydrogen-bond donors (Lipinski definition) is 8. The van der Waals surface area contributed by atoms with Gasteiger partial charge in [-0.1, -0.05) is 52.6 Å². The lowest BCUT2D eigenvalue weighted by Crippen LogP contribution is -2.46. The van der Waals surface area contributed by atoms with Gasteiger partial charge >= 0.3 is 30.0 Å². The first kappa shape index (κ1) is 71.1. The summed E-state index contributed by atoms with van der Waals surface area (Å²) >= 11 is 0. The predicted molar refractivity (Wildman–Crippen MR) is 338 cm³/mol. The first-order valence-corrected chi connectivity index (χ1v) is 29.5. The van der Waals surface area contributed by atoms with Crippen LogP contribution in [0, 0.1) is 11.8 Å². The number of carboxylic acid groups (broad SMARTS) is 1. The van der Waals surface area contributed by atoms with Crippen LogP contribution in [0.2, 0.25) is 0 Å². The average molecular weight is 1270 g/mol. The zero-order valence-corrected chi connectivity index (χ0v) is 49.0. The molecular formula is C64H84F4N12O11. The number of H-pyrrole nitrogens is 3. The van der Waals surface area contributed by atoms with Crippen molar-refractivity contribution in [3.63, 3.8) is 0 Å². The average Bonchev–Trinajstić information content (AvgIpc) is 1.65. The van der Waals surface area contributed by atoms with E-state index in [4.69, 9.17) is 24.1 Å². The molecule has 2 saturated carbocycles. The van der Waals surface area contributed by atoms with Crippen LogP contribution < -0.4 is 21.3 Å². The quantitative estimate of drug-likeness (QED) is 0.0253. The number of amides is 2. The molecule has 2 amide bonds. The standard InChI is InChI=1S/C23H26N4O4.C19H22F2N4O3.C15H20N4O2.C4H4F2O2.3CH4/c1-2-30-22(28)19-13-25-21-18(10-11-24-21)20(19)26-17-9-6-12-27(14-17)23(29)31-15-16-7-4-3-5-8-16;1-2-28-18(27)13-9-23-16-12(5-6-22-16)15(13)24-11-4-3-7-25(10-11)17(26)14-8-19(14,20)21;1-2-21-15(20)12-9-18-14-11(5-7-17-14)13(12)19-10-4-3-6-16-8-10;5-4(6)1-2(4)3(7)8;;;/h3-5,7-8,10-11,13,17H,2,6,9,12,14-15H2,1H3,(H2,24,25,26);5-6,9,11,14H,2-4,7-8,10H2,1H3,(H2,22,23,24);5,7,9-10,16H,2-4,6,8H2,1H3,(H2,17,18,19);2H,1H2,(H,7,8);3*1H4/t17-;11-,14+;10-;2-;;;/m1110.../s1. The SMILES string of the molecule is C.C.C.CCOC(=O)c1cnc2[nH]ccc2c1N[C@@H]1CCCN(C(=O)OCc2ccccc2)C1.CCOC(=O)c1cnc2[nH]ccc2c1N[C@@H]1CCCN(C(=O)[C@@H]2CC2(F)F)C1.CCOC(=O)c1cnc2[nH]ccc2c1N[C@@H]1CCCNC1.O=C(O)[C@@H]1CC1(F)F. The molecule has 0 radical (unpaired) electrons. The first-order valence-electron chi connectivity index (χ1n) is 29.5. The Morgan fingerprint density at radius 3 is 1.36 bits per heavy atom. The topological polar surface area (TPSA) is 300 Å². The van der Waals surface area contributed by atoms with Gasteiger partial charge in [-0.3, -0.25) is 9.59 Å². The molecule has 7 aromatic rings. The van der Waals surface area contributed by atoms with Crippen molar-refractivity contribution < 1.29 is 70.4 Å².